The van der Waals surface area contributed by atoms with Gasteiger partial charge in [-0.1, -0.05) is 49.3 Å². The number of piperazine rings is 1. The van der Waals surface area contributed by atoms with Gasteiger partial charge in [-0.05, 0) is 24.1 Å². The molecule has 116 valence electrons. The fraction of sp³-hybridized carbons (Fsp3) is 0.562. The Bertz CT molecular complexity index is 455. The summed E-state index contributed by atoms with van der Waals surface area (Å²) in [6.07, 6.45) is 2.18. The lowest BCUT2D eigenvalue weighted by atomic mass is 10.1. The summed E-state index contributed by atoms with van der Waals surface area (Å²) < 4.78 is 0. The Hall–Kier alpha value is -0.680. The summed E-state index contributed by atoms with van der Waals surface area (Å²) in [6, 6.07) is 8.38. The molecule has 1 fully saturated rings. The van der Waals surface area contributed by atoms with E-state index >= 15 is 0 Å². The summed E-state index contributed by atoms with van der Waals surface area (Å²) in [4.78, 5) is 5.55. The first-order chi connectivity index (χ1) is 10.1. The molecule has 0 saturated carbocycles. The van der Waals surface area contributed by atoms with Crippen LogP contribution >= 0.6 is 23.8 Å². The summed E-state index contributed by atoms with van der Waals surface area (Å²) in [5.41, 5.74) is 7.20. The van der Waals surface area contributed by atoms with Gasteiger partial charge < -0.3 is 5.73 Å². The van der Waals surface area contributed by atoms with E-state index in [2.05, 4.69) is 28.9 Å². The topological polar surface area (TPSA) is 32.5 Å². The average molecular weight is 326 g/mol. The van der Waals surface area contributed by atoms with Gasteiger partial charge in [-0.3, -0.25) is 9.80 Å². The van der Waals surface area contributed by atoms with Crippen LogP contribution in [0.15, 0.2) is 24.3 Å². The molecule has 0 spiro atoms. The lowest BCUT2D eigenvalue weighted by molar-refractivity contribution is 0.110. The van der Waals surface area contributed by atoms with Crippen LogP contribution in [0.2, 0.25) is 5.02 Å². The molecule has 1 heterocycles. The molecule has 1 aromatic rings. The van der Waals surface area contributed by atoms with E-state index in [9.17, 15) is 0 Å². The monoisotopic (exact) mass is 325 g/mol. The Morgan fingerprint density at radius 3 is 2.38 bits per heavy atom. The average Bonchev–Trinajstić information content (AvgIpc) is 2.48. The van der Waals surface area contributed by atoms with Gasteiger partial charge in [0, 0.05) is 37.7 Å². The van der Waals surface area contributed by atoms with Crippen LogP contribution in [0.1, 0.15) is 25.3 Å². The molecule has 0 radical (unpaired) electrons. The largest absolute Gasteiger partial charge is 0.392 e. The van der Waals surface area contributed by atoms with Gasteiger partial charge in [-0.2, -0.15) is 0 Å². The Labute approximate surface area is 138 Å². The molecule has 2 rings (SSSR count). The minimum absolute atomic E-state index is 0.266. The normalized spacial score (nSPS) is 18.6. The minimum atomic E-state index is 0.266. The van der Waals surface area contributed by atoms with Crippen LogP contribution in [0.3, 0.4) is 0 Å². The maximum Gasteiger partial charge on any atom is 0.0902 e. The van der Waals surface area contributed by atoms with E-state index in [1.54, 1.807) is 0 Å². The highest BCUT2D eigenvalue weighted by molar-refractivity contribution is 7.80. The van der Waals surface area contributed by atoms with Gasteiger partial charge in [0.25, 0.3) is 0 Å². The second kappa shape index (κ2) is 8.08. The van der Waals surface area contributed by atoms with Gasteiger partial charge in [-0.15, -0.1) is 0 Å². The van der Waals surface area contributed by atoms with Crippen LogP contribution in [0, 0.1) is 0 Å². The molecule has 0 aromatic heterocycles. The number of hydrogen-bond donors (Lipinski definition) is 1. The lowest BCUT2D eigenvalue weighted by Gasteiger charge is -2.39. The second-order valence-corrected chi connectivity index (χ2v) is 6.55. The van der Waals surface area contributed by atoms with E-state index in [1.165, 1.54) is 5.56 Å². The molecule has 1 atom stereocenters. The van der Waals surface area contributed by atoms with Crippen molar-refractivity contribution in [2.45, 2.75) is 32.4 Å². The highest BCUT2D eigenvalue weighted by Gasteiger charge is 2.24. The van der Waals surface area contributed by atoms with Crippen molar-refractivity contribution in [1.82, 2.24) is 9.80 Å². The molecular weight excluding hydrogens is 302 g/mol. The number of nitrogens with zero attached hydrogens (tertiary/aromatic N) is 2. The maximum atomic E-state index is 5.92. The van der Waals surface area contributed by atoms with Gasteiger partial charge >= 0.3 is 0 Å². The number of thiocarbonyl (C=S) groups is 1. The van der Waals surface area contributed by atoms with E-state index in [-0.39, 0.29) is 6.04 Å². The van der Waals surface area contributed by atoms with Crippen molar-refractivity contribution >= 4 is 28.8 Å². The third-order valence-electron chi connectivity index (χ3n) is 4.06. The molecule has 0 amide bonds. The van der Waals surface area contributed by atoms with Gasteiger partial charge in [-0.25, -0.2) is 0 Å². The van der Waals surface area contributed by atoms with Gasteiger partial charge in [0.2, 0.25) is 0 Å². The summed E-state index contributed by atoms with van der Waals surface area (Å²) in [7, 11) is 0. The molecule has 0 bridgehead atoms. The summed E-state index contributed by atoms with van der Waals surface area (Å²) in [5, 5.41) is 0.794. The Kier molecular flexibility index (Phi) is 6.42. The number of benzene rings is 1. The van der Waals surface area contributed by atoms with Gasteiger partial charge in [0.15, 0.2) is 0 Å². The number of hydrogen-bond acceptors (Lipinski definition) is 3. The molecule has 1 unspecified atom stereocenters. The van der Waals surface area contributed by atoms with Gasteiger partial charge in [0.1, 0.15) is 0 Å². The molecular formula is C16H24ClN3S. The van der Waals surface area contributed by atoms with E-state index in [1.807, 2.05) is 12.1 Å². The quantitative estimate of drug-likeness (QED) is 0.815. The van der Waals surface area contributed by atoms with E-state index in [0.717, 1.165) is 50.6 Å². The van der Waals surface area contributed by atoms with E-state index in [0.29, 0.717) is 4.99 Å². The summed E-state index contributed by atoms with van der Waals surface area (Å²) in [5.74, 6) is 0. The van der Waals surface area contributed by atoms with Crippen LogP contribution in [0.25, 0.3) is 0 Å². The van der Waals surface area contributed by atoms with Crippen molar-refractivity contribution in [3.8, 4) is 0 Å². The molecule has 1 aromatic carbocycles. The molecule has 21 heavy (non-hydrogen) atoms. The summed E-state index contributed by atoms with van der Waals surface area (Å²) >= 11 is 11.1. The smallest absolute Gasteiger partial charge is 0.0902 e. The third kappa shape index (κ3) is 4.92. The molecule has 5 heteroatoms. The van der Waals surface area contributed by atoms with Gasteiger partial charge in [0.05, 0.1) is 11.0 Å². The van der Waals surface area contributed by atoms with Crippen molar-refractivity contribution in [2.75, 3.05) is 26.2 Å². The second-order valence-electron chi connectivity index (χ2n) is 5.65. The number of rotatable bonds is 6. The van der Waals surface area contributed by atoms with Crippen molar-refractivity contribution in [3.63, 3.8) is 0 Å². The van der Waals surface area contributed by atoms with Crippen LogP contribution in [-0.2, 0) is 6.54 Å². The third-order valence-corrected chi connectivity index (χ3v) is 4.58. The molecule has 1 aliphatic heterocycles. The molecule has 3 nitrogen and oxygen atoms in total. The van der Waals surface area contributed by atoms with Crippen LogP contribution < -0.4 is 5.73 Å². The zero-order chi connectivity index (χ0) is 15.2. The minimum Gasteiger partial charge on any atom is -0.392 e. The van der Waals surface area contributed by atoms with Crippen molar-refractivity contribution in [1.29, 1.82) is 0 Å². The van der Waals surface area contributed by atoms with Crippen LogP contribution in [-0.4, -0.2) is 47.0 Å². The number of halogens is 1. The molecule has 0 aliphatic carbocycles. The van der Waals surface area contributed by atoms with Crippen LogP contribution in [0.4, 0.5) is 0 Å². The van der Waals surface area contributed by atoms with Crippen LogP contribution in [0.5, 0.6) is 0 Å². The first-order valence-corrected chi connectivity index (χ1v) is 8.39. The summed E-state index contributed by atoms with van der Waals surface area (Å²) in [6.45, 7) is 7.36. The maximum absolute atomic E-state index is 5.92. The predicted molar refractivity (Wildman–Crippen MR) is 93.8 cm³/mol. The van der Waals surface area contributed by atoms with Crippen molar-refractivity contribution in [3.05, 3.63) is 34.9 Å². The fourth-order valence-electron chi connectivity index (χ4n) is 2.86. The zero-order valence-corrected chi connectivity index (χ0v) is 14.2. The van der Waals surface area contributed by atoms with E-state index < -0.39 is 0 Å². The van der Waals surface area contributed by atoms with Crippen molar-refractivity contribution in [2.24, 2.45) is 5.73 Å². The highest BCUT2D eigenvalue weighted by Crippen LogP contribution is 2.15. The highest BCUT2D eigenvalue weighted by atomic mass is 35.5. The first kappa shape index (κ1) is 16.7. The molecule has 2 N–H and O–H groups in total. The SMILES string of the molecule is CCCC(C(N)=S)N1CCN(Cc2ccc(Cl)cc2)CC1. The molecule has 1 aliphatic rings. The number of nitrogens with two attached hydrogens (primary N) is 1. The first-order valence-electron chi connectivity index (χ1n) is 7.60. The Balaban J connectivity index is 1.85. The lowest BCUT2D eigenvalue weighted by Crippen LogP contribution is -2.53. The zero-order valence-electron chi connectivity index (χ0n) is 12.6. The Morgan fingerprint density at radius 1 is 1.24 bits per heavy atom. The fourth-order valence-corrected chi connectivity index (χ4v) is 3.25. The predicted octanol–water partition coefficient (Wildman–Crippen LogP) is 2.91. The Morgan fingerprint density at radius 2 is 1.86 bits per heavy atom. The van der Waals surface area contributed by atoms with E-state index in [4.69, 9.17) is 29.6 Å². The van der Waals surface area contributed by atoms with Crippen molar-refractivity contribution < 1.29 is 0 Å². The molecule has 1 saturated heterocycles. The standard InChI is InChI=1S/C16H24ClN3S/c1-2-3-15(16(18)21)20-10-8-19(9-11-20)12-13-4-6-14(17)7-5-13/h4-7,15H,2-3,8-12H2,1H3,(H2,18,21).